The van der Waals surface area contributed by atoms with Crippen molar-refractivity contribution in [2.24, 2.45) is 5.73 Å². The lowest BCUT2D eigenvalue weighted by Gasteiger charge is -2.18. The molecule has 1 aromatic heterocycles. The van der Waals surface area contributed by atoms with Gasteiger partial charge in [-0.15, -0.1) is 0 Å². The molecule has 2 aromatic carbocycles. The lowest BCUT2D eigenvalue weighted by atomic mass is 9.89. The molecule has 0 atom stereocenters. The SMILES string of the molecule is CCCc1cc(C)c2nc(C(N)=O)cc(-c3cccc(OC)c3C)c2c1C. The number of methoxy groups -OCH3 is 1. The minimum atomic E-state index is -0.520. The number of hydrogen-bond acceptors (Lipinski definition) is 3. The molecule has 4 nitrogen and oxygen atoms in total. The average molecular weight is 362 g/mol. The van der Waals surface area contributed by atoms with Crippen molar-refractivity contribution in [1.82, 2.24) is 4.98 Å². The van der Waals surface area contributed by atoms with Crippen LogP contribution >= 0.6 is 0 Å². The summed E-state index contributed by atoms with van der Waals surface area (Å²) in [5.74, 6) is 0.297. The van der Waals surface area contributed by atoms with Crippen molar-refractivity contribution < 1.29 is 9.53 Å². The van der Waals surface area contributed by atoms with Gasteiger partial charge in [0.2, 0.25) is 0 Å². The Labute approximate surface area is 160 Å². The number of pyridine rings is 1. The van der Waals surface area contributed by atoms with Gasteiger partial charge in [0.15, 0.2) is 0 Å². The molecule has 2 N–H and O–H groups in total. The van der Waals surface area contributed by atoms with Crippen LogP contribution in [0.15, 0.2) is 30.3 Å². The molecule has 0 aliphatic heterocycles. The van der Waals surface area contributed by atoms with Crippen molar-refractivity contribution in [3.63, 3.8) is 0 Å². The molecule has 3 rings (SSSR count). The van der Waals surface area contributed by atoms with Crippen LogP contribution in [0.5, 0.6) is 5.75 Å². The summed E-state index contributed by atoms with van der Waals surface area (Å²) in [5, 5.41) is 1.08. The molecule has 1 heterocycles. The zero-order chi connectivity index (χ0) is 19.7. The highest BCUT2D eigenvalue weighted by molar-refractivity contribution is 6.04. The van der Waals surface area contributed by atoms with Gasteiger partial charge in [0.05, 0.1) is 12.6 Å². The van der Waals surface area contributed by atoms with Gasteiger partial charge in [0, 0.05) is 5.39 Å². The largest absolute Gasteiger partial charge is 0.496 e. The van der Waals surface area contributed by atoms with Crippen LogP contribution in [0.1, 0.15) is 46.1 Å². The molecule has 0 unspecified atom stereocenters. The Morgan fingerprint density at radius 3 is 2.48 bits per heavy atom. The van der Waals surface area contributed by atoms with E-state index in [0.29, 0.717) is 0 Å². The maximum atomic E-state index is 11.9. The van der Waals surface area contributed by atoms with Crippen LogP contribution in [0, 0.1) is 20.8 Å². The van der Waals surface area contributed by atoms with Gasteiger partial charge in [0.1, 0.15) is 11.4 Å². The van der Waals surface area contributed by atoms with E-state index < -0.39 is 5.91 Å². The van der Waals surface area contributed by atoms with Gasteiger partial charge in [0.25, 0.3) is 5.91 Å². The zero-order valence-electron chi connectivity index (χ0n) is 16.6. The Bertz CT molecular complexity index is 1040. The fourth-order valence-corrected chi connectivity index (χ4v) is 3.80. The number of carbonyl (C=O) groups is 1. The number of ether oxygens (including phenoxy) is 1. The topological polar surface area (TPSA) is 65.2 Å². The number of hydrogen-bond donors (Lipinski definition) is 1. The average Bonchev–Trinajstić information content (AvgIpc) is 2.65. The molecule has 0 spiro atoms. The molecule has 0 bridgehead atoms. The minimum absolute atomic E-state index is 0.283. The second kappa shape index (κ2) is 7.39. The molecule has 0 aliphatic rings. The number of nitrogens with two attached hydrogens (primary N) is 1. The second-order valence-corrected chi connectivity index (χ2v) is 7.00. The Hall–Kier alpha value is -2.88. The Kier molecular flexibility index (Phi) is 5.17. The predicted molar refractivity (Wildman–Crippen MR) is 110 cm³/mol. The van der Waals surface area contributed by atoms with Crippen molar-refractivity contribution in [1.29, 1.82) is 0 Å². The Morgan fingerprint density at radius 2 is 1.85 bits per heavy atom. The smallest absolute Gasteiger partial charge is 0.267 e. The lowest BCUT2D eigenvalue weighted by molar-refractivity contribution is 0.0996. The maximum absolute atomic E-state index is 11.9. The van der Waals surface area contributed by atoms with Gasteiger partial charge >= 0.3 is 0 Å². The van der Waals surface area contributed by atoms with E-state index in [-0.39, 0.29) is 5.69 Å². The third kappa shape index (κ3) is 3.27. The third-order valence-electron chi connectivity index (χ3n) is 5.21. The van der Waals surface area contributed by atoms with Gasteiger partial charge in [-0.3, -0.25) is 4.79 Å². The van der Waals surface area contributed by atoms with Crippen LogP contribution in [0.25, 0.3) is 22.0 Å². The summed E-state index contributed by atoms with van der Waals surface area (Å²) in [5.41, 5.74) is 13.3. The van der Waals surface area contributed by atoms with Crippen LogP contribution in [-0.4, -0.2) is 18.0 Å². The number of carbonyl (C=O) groups excluding carboxylic acids is 1. The minimum Gasteiger partial charge on any atom is -0.496 e. The van der Waals surface area contributed by atoms with E-state index in [2.05, 4.69) is 31.0 Å². The molecule has 140 valence electrons. The summed E-state index contributed by atoms with van der Waals surface area (Å²) in [6.45, 7) is 8.39. The monoisotopic (exact) mass is 362 g/mol. The summed E-state index contributed by atoms with van der Waals surface area (Å²) in [7, 11) is 1.67. The van der Waals surface area contributed by atoms with E-state index in [1.807, 2.05) is 32.0 Å². The first-order chi connectivity index (χ1) is 12.9. The highest BCUT2D eigenvalue weighted by Gasteiger charge is 2.18. The lowest BCUT2D eigenvalue weighted by Crippen LogP contribution is -2.14. The molecule has 27 heavy (non-hydrogen) atoms. The van der Waals surface area contributed by atoms with Gasteiger partial charge < -0.3 is 10.5 Å². The first kappa shape index (κ1) is 18.9. The third-order valence-corrected chi connectivity index (χ3v) is 5.21. The van der Waals surface area contributed by atoms with E-state index in [4.69, 9.17) is 10.5 Å². The normalized spacial score (nSPS) is 11.0. The van der Waals surface area contributed by atoms with Crippen molar-refractivity contribution in [3.8, 4) is 16.9 Å². The van der Waals surface area contributed by atoms with E-state index >= 15 is 0 Å². The number of aromatic nitrogens is 1. The number of fused-ring (bicyclic) bond motifs is 1. The highest BCUT2D eigenvalue weighted by Crippen LogP contribution is 2.38. The number of amides is 1. The molecule has 0 saturated carbocycles. The van der Waals surface area contributed by atoms with Crippen LogP contribution in [0.4, 0.5) is 0 Å². The molecular weight excluding hydrogens is 336 g/mol. The van der Waals surface area contributed by atoms with E-state index in [0.717, 1.165) is 51.7 Å². The zero-order valence-corrected chi connectivity index (χ0v) is 16.6. The molecule has 3 aromatic rings. The van der Waals surface area contributed by atoms with Crippen molar-refractivity contribution in [3.05, 3.63) is 58.3 Å². The number of nitrogens with zero attached hydrogens (tertiary/aromatic N) is 1. The predicted octanol–water partition coefficient (Wildman–Crippen LogP) is 4.89. The molecule has 0 aliphatic carbocycles. The standard InChI is InChI=1S/C23H26N2O2/c1-6-8-16-11-13(2)22-21(14(16)3)18(12-19(25-22)23(24)26)17-9-7-10-20(27-5)15(17)4/h7,9-12H,6,8H2,1-5H3,(H2,24,26). The van der Waals surface area contributed by atoms with Gasteiger partial charge in [-0.25, -0.2) is 4.98 Å². The summed E-state index contributed by atoms with van der Waals surface area (Å²) < 4.78 is 5.51. The summed E-state index contributed by atoms with van der Waals surface area (Å²) >= 11 is 0. The molecule has 0 saturated heterocycles. The van der Waals surface area contributed by atoms with Gasteiger partial charge in [-0.2, -0.15) is 0 Å². The maximum Gasteiger partial charge on any atom is 0.267 e. The van der Waals surface area contributed by atoms with Crippen LogP contribution in [0.2, 0.25) is 0 Å². The fourth-order valence-electron chi connectivity index (χ4n) is 3.80. The van der Waals surface area contributed by atoms with Crippen molar-refractivity contribution in [2.75, 3.05) is 7.11 Å². The summed E-state index contributed by atoms with van der Waals surface area (Å²) in [4.78, 5) is 16.5. The van der Waals surface area contributed by atoms with Gasteiger partial charge in [-0.05, 0) is 72.7 Å². The molecule has 0 fully saturated rings. The first-order valence-electron chi connectivity index (χ1n) is 9.26. The second-order valence-electron chi connectivity index (χ2n) is 7.00. The van der Waals surface area contributed by atoms with Gasteiger partial charge in [-0.1, -0.05) is 31.5 Å². The number of rotatable bonds is 5. The van der Waals surface area contributed by atoms with E-state index in [9.17, 15) is 4.79 Å². The quantitative estimate of drug-likeness (QED) is 0.703. The molecule has 4 heteroatoms. The number of primary amides is 1. The number of benzene rings is 2. The van der Waals surface area contributed by atoms with Crippen LogP contribution in [0.3, 0.4) is 0 Å². The Morgan fingerprint density at radius 1 is 1.11 bits per heavy atom. The van der Waals surface area contributed by atoms with Crippen molar-refractivity contribution in [2.45, 2.75) is 40.5 Å². The summed E-state index contributed by atoms with van der Waals surface area (Å²) in [6.07, 6.45) is 2.09. The molecule has 0 radical (unpaired) electrons. The van der Waals surface area contributed by atoms with E-state index in [1.165, 1.54) is 11.1 Å². The highest BCUT2D eigenvalue weighted by atomic mass is 16.5. The van der Waals surface area contributed by atoms with Crippen molar-refractivity contribution >= 4 is 16.8 Å². The summed E-state index contributed by atoms with van der Waals surface area (Å²) in [6, 6.07) is 9.96. The van der Waals surface area contributed by atoms with E-state index in [1.54, 1.807) is 7.11 Å². The molecule has 1 amide bonds. The first-order valence-corrected chi connectivity index (χ1v) is 9.26. The number of aryl methyl sites for hydroxylation is 3. The molecular formula is C23H26N2O2. The van der Waals surface area contributed by atoms with Crippen LogP contribution < -0.4 is 10.5 Å². The van der Waals surface area contributed by atoms with Crippen LogP contribution in [-0.2, 0) is 6.42 Å². The Balaban J connectivity index is 2.48. The fraction of sp³-hybridized carbons (Fsp3) is 0.304.